The van der Waals surface area contributed by atoms with Crippen LogP contribution in [0.4, 0.5) is 42.5 Å². The lowest BCUT2D eigenvalue weighted by molar-refractivity contribution is -0.143. The molecule has 2 N–H and O–H groups in total. The van der Waals surface area contributed by atoms with Gasteiger partial charge in [0, 0.05) is 11.3 Å². The van der Waals surface area contributed by atoms with Gasteiger partial charge < -0.3 is 10.1 Å². The van der Waals surface area contributed by atoms with E-state index >= 15 is 0 Å². The Morgan fingerprint density at radius 3 is 1.84 bits per heavy atom. The summed E-state index contributed by atoms with van der Waals surface area (Å²) < 4.78 is 83.1. The summed E-state index contributed by atoms with van der Waals surface area (Å²) in [6.45, 7) is 4.89. The number of alkyl halides is 6. The van der Waals surface area contributed by atoms with Crippen LogP contribution in [0.15, 0.2) is 36.4 Å². The highest BCUT2D eigenvalue weighted by atomic mass is 35.5. The van der Waals surface area contributed by atoms with Crippen LogP contribution in [-0.4, -0.2) is 17.6 Å². The van der Waals surface area contributed by atoms with E-state index in [1.807, 2.05) is 0 Å². The number of carbonyl (C=O) groups excluding carboxylic acids is 2. The molecule has 2 amide bonds. The molecule has 12 heteroatoms. The van der Waals surface area contributed by atoms with Crippen molar-refractivity contribution in [2.75, 3.05) is 10.6 Å². The fraction of sp³-hybridized carbons (Fsp3) is 0.300. The number of nitrogens with one attached hydrogen (secondary N) is 2. The summed E-state index contributed by atoms with van der Waals surface area (Å²) in [5, 5.41) is 4.44. The summed E-state index contributed by atoms with van der Waals surface area (Å²) in [5.41, 5.74) is -5.00. The molecule has 0 unspecified atom stereocenters. The van der Waals surface area contributed by atoms with Gasteiger partial charge in [-0.3, -0.25) is 10.1 Å². The molecule has 0 aromatic heterocycles. The Balaban J connectivity index is 2.33. The number of benzene rings is 2. The van der Waals surface area contributed by atoms with Crippen LogP contribution >= 0.6 is 11.6 Å². The molecule has 5 nitrogen and oxygen atoms in total. The topological polar surface area (TPSA) is 67.4 Å². The predicted octanol–water partition coefficient (Wildman–Crippen LogP) is 6.98. The molecule has 0 spiro atoms. The molecule has 0 radical (unpaired) electrons. The Morgan fingerprint density at radius 2 is 1.38 bits per heavy atom. The van der Waals surface area contributed by atoms with Crippen LogP contribution in [0, 0.1) is 0 Å². The first-order chi connectivity index (χ1) is 14.5. The van der Waals surface area contributed by atoms with E-state index in [0.29, 0.717) is 12.1 Å². The lowest BCUT2D eigenvalue weighted by atomic mass is 10.0. The van der Waals surface area contributed by atoms with Gasteiger partial charge in [0.2, 0.25) is 0 Å². The number of amides is 2. The molecular weight excluding hydrogens is 466 g/mol. The van der Waals surface area contributed by atoms with Crippen molar-refractivity contribution in [3.63, 3.8) is 0 Å². The van der Waals surface area contributed by atoms with E-state index < -0.39 is 46.6 Å². The maximum Gasteiger partial charge on any atom is 0.416 e. The Labute approximate surface area is 183 Å². The van der Waals surface area contributed by atoms with Crippen LogP contribution in [0.1, 0.15) is 42.3 Å². The summed E-state index contributed by atoms with van der Waals surface area (Å²) >= 11 is 5.96. The van der Waals surface area contributed by atoms with E-state index in [1.165, 1.54) is 18.2 Å². The molecule has 0 heterocycles. The fourth-order valence-electron chi connectivity index (χ4n) is 2.40. The lowest BCUT2D eigenvalue weighted by Crippen LogP contribution is -2.27. The summed E-state index contributed by atoms with van der Waals surface area (Å²) in [6.07, 6.45) is -11.0. The third kappa shape index (κ3) is 7.04. The van der Waals surface area contributed by atoms with Crippen LogP contribution in [-0.2, 0) is 17.1 Å². The average Bonchev–Trinajstić information content (AvgIpc) is 2.61. The molecule has 0 bridgehead atoms. The fourth-order valence-corrected chi connectivity index (χ4v) is 2.57. The minimum Gasteiger partial charge on any atom is -0.444 e. The quantitative estimate of drug-likeness (QED) is 0.464. The second-order valence-corrected chi connectivity index (χ2v) is 7.98. The zero-order chi connectivity index (χ0) is 24.5. The Morgan fingerprint density at radius 1 is 0.844 bits per heavy atom. The highest BCUT2D eigenvalue weighted by Crippen LogP contribution is 2.36. The summed E-state index contributed by atoms with van der Waals surface area (Å²) in [7, 11) is 0. The smallest absolute Gasteiger partial charge is 0.416 e. The van der Waals surface area contributed by atoms with Gasteiger partial charge in [-0.1, -0.05) is 11.6 Å². The number of halogens is 7. The maximum absolute atomic E-state index is 13.0. The number of hydrogen-bond donors (Lipinski definition) is 2. The molecule has 0 atom stereocenters. The van der Waals surface area contributed by atoms with Crippen molar-refractivity contribution in [3.05, 3.63) is 58.1 Å². The summed E-state index contributed by atoms with van der Waals surface area (Å²) in [4.78, 5) is 24.3. The second-order valence-electron chi connectivity index (χ2n) is 7.57. The highest BCUT2D eigenvalue weighted by Gasteiger charge is 2.37. The first kappa shape index (κ1) is 25.3. The molecule has 0 fully saturated rings. The first-order valence-electron chi connectivity index (χ1n) is 8.86. The second kappa shape index (κ2) is 8.89. The van der Waals surface area contributed by atoms with Gasteiger partial charge in [-0.25, -0.2) is 4.79 Å². The minimum atomic E-state index is -5.11. The summed E-state index contributed by atoms with van der Waals surface area (Å²) in [5.74, 6) is -1.27. The Bertz CT molecular complexity index is 997. The highest BCUT2D eigenvalue weighted by molar-refractivity contribution is 6.34. The number of ether oxygens (including phenoxy) is 1. The normalized spacial score (nSPS) is 12.3. The molecule has 32 heavy (non-hydrogen) atoms. The van der Waals surface area contributed by atoms with Gasteiger partial charge in [0.25, 0.3) is 5.91 Å². The van der Waals surface area contributed by atoms with Crippen LogP contribution in [0.3, 0.4) is 0 Å². The zero-order valence-electron chi connectivity index (χ0n) is 16.8. The third-order valence-corrected chi connectivity index (χ3v) is 4.04. The van der Waals surface area contributed by atoms with Gasteiger partial charge in [0.1, 0.15) is 5.60 Å². The molecule has 174 valence electrons. The number of hydrogen-bond acceptors (Lipinski definition) is 3. The minimum absolute atomic E-state index is 0.0730. The van der Waals surface area contributed by atoms with E-state index in [9.17, 15) is 35.9 Å². The van der Waals surface area contributed by atoms with E-state index in [2.05, 4.69) is 10.6 Å². The average molecular weight is 483 g/mol. The molecular formula is C20H17ClF6N2O3. The van der Waals surface area contributed by atoms with Crippen LogP contribution in [0.2, 0.25) is 5.02 Å². The van der Waals surface area contributed by atoms with Gasteiger partial charge in [0.05, 0.1) is 21.8 Å². The van der Waals surface area contributed by atoms with Crippen molar-refractivity contribution in [1.82, 2.24) is 0 Å². The Hall–Kier alpha value is -2.95. The molecule has 2 rings (SSSR count). The molecule has 2 aromatic carbocycles. The van der Waals surface area contributed by atoms with Crippen molar-refractivity contribution in [1.29, 1.82) is 0 Å². The molecule has 2 aromatic rings. The first-order valence-corrected chi connectivity index (χ1v) is 9.24. The monoisotopic (exact) mass is 482 g/mol. The van der Waals surface area contributed by atoms with Gasteiger partial charge in [0.15, 0.2) is 0 Å². The SMILES string of the molecule is CC(C)(C)OC(=O)Nc1ccc(Cl)c(NC(=O)c2cc(C(F)(F)F)cc(C(F)(F)F)c2)c1. The lowest BCUT2D eigenvalue weighted by Gasteiger charge is -2.20. The van der Waals surface area contributed by atoms with E-state index in [-0.39, 0.29) is 22.5 Å². The van der Waals surface area contributed by atoms with Crippen LogP contribution in [0.5, 0.6) is 0 Å². The van der Waals surface area contributed by atoms with Crippen molar-refractivity contribution in [3.8, 4) is 0 Å². The van der Waals surface area contributed by atoms with Crippen molar-refractivity contribution in [2.24, 2.45) is 0 Å². The van der Waals surface area contributed by atoms with Crippen molar-refractivity contribution >= 4 is 35.0 Å². The number of rotatable bonds is 3. The molecule has 0 aliphatic rings. The van der Waals surface area contributed by atoms with E-state index in [1.54, 1.807) is 20.8 Å². The number of carbonyl (C=O) groups is 2. The van der Waals surface area contributed by atoms with Gasteiger partial charge >= 0.3 is 18.4 Å². The van der Waals surface area contributed by atoms with Gasteiger partial charge in [-0.2, -0.15) is 26.3 Å². The van der Waals surface area contributed by atoms with Crippen molar-refractivity contribution < 1.29 is 40.7 Å². The third-order valence-electron chi connectivity index (χ3n) is 3.71. The van der Waals surface area contributed by atoms with E-state index in [4.69, 9.17) is 16.3 Å². The largest absolute Gasteiger partial charge is 0.444 e. The predicted molar refractivity (Wildman–Crippen MR) is 106 cm³/mol. The van der Waals surface area contributed by atoms with E-state index in [0.717, 1.165) is 0 Å². The zero-order valence-corrected chi connectivity index (χ0v) is 17.6. The molecule has 0 aliphatic heterocycles. The summed E-state index contributed by atoms with van der Waals surface area (Å²) in [6, 6.07) is 4.28. The maximum atomic E-state index is 13.0. The van der Waals surface area contributed by atoms with Gasteiger partial charge in [-0.05, 0) is 57.2 Å². The van der Waals surface area contributed by atoms with Gasteiger partial charge in [-0.15, -0.1) is 0 Å². The Kier molecular flexibility index (Phi) is 7.03. The standard InChI is InChI=1S/C20H17ClF6N2O3/c1-18(2,3)32-17(31)28-13-4-5-14(21)15(9-13)29-16(30)10-6-11(19(22,23)24)8-12(7-10)20(25,26)27/h4-9H,1-3H3,(H,28,31)(H,29,30). The molecule has 0 saturated heterocycles. The van der Waals surface area contributed by atoms with Crippen LogP contribution in [0.25, 0.3) is 0 Å². The van der Waals surface area contributed by atoms with Crippen molar-refractivity contribution in [2.45, 2.75) is 38.7 Å². The number of anilines is 2. The molecule has 0 saturated carbocycles. The van der Waals surface area contributed by atoms with Crippen LogP contribution < -0.4 is 10.6 Å². The molecule has 0 aliphatic carbocycles.